The molecule has 0 unspecified atom stereocenters. The molecule has 3 rings (SSSR count). The summed E-state index contributed by atoms with van der Waals surface area (Å²) in [6.45, 7) is -0.933. The molecule has 3 aromatic carbocycles. The molecule has 0 spiro atoms. The van der Waals surface area contributed by atoms with Gasteiger partial charge >= 0.3 is 5.97 Å². The van der Waals surface area contributed by atoms with Gasteiger partial charge in [0.2, 0.25) is 0 Å². The summed E-state index contributed by atoms with van der Waals surface area (Å²) in [5.74, 6) is -1.81. The number of benzene rings is 3. The zero-order valence-electron chi connectivity index (χ0n) is 16.3. The molecule has 6 heteroatoms. The number of hydrogen-bond acceptors (Lipinski definition) is 4. The van der Waals surface area contributed by atoms with Gasteiger partial charge in [0, 0.05) is 0 Å². The van der Waals surface area contributed by atoms with Gasteiger partial charge in [-0.1, -0.05) is 72.8 Å². The zero-order chi connectivity index (χ0) is 21.2. The maximum Gasteiger partial charge on any atom is 0.344 e. The molecule has 5 nitrogen and oxygen atoms in total. The lowest BCUT2D eigenvalue weighted by Gasteiger charge is -2.19. The standard InChI is InChI=1S/C24H22FNO4/c25-20-13-7-8-14-22(20)29-17-24(28)30-16-23(27)26-21(19-11-5-2-6-12-19)15-18-9-3-1-4-10-18/h1-14,21H,15-17H2,(H,26,27)/t21-/m0/s1. The monoisotopic (exact) mass is 407 g/mol. The van der Waals surface area contributed by atoms with Crippen molar-refractivity contribution in [1.82, 2.24) is 5.32 Å². The summed E-state index contributed by atoms with van der Waals surface area (Å²) in [6.07, 6.45) is 0.598. The lowest BCUT2D eigenvalue weighted by atomic mass is 9.99. The topological polar surface area (TPSA) is 64.6 Å². The first-order chi connectivity index (χ1) is 14.6. The SMILES string of the molecule is O=C(COC(=O)COc1ccccc1F)N[C@@H](Cc1ccccc1)c1ccccc1. The van der Waals surface area contributed by atoms with Crippen LogP contribution in [-0.4, -0.2) is 25.1 Å². The fourth-order valence-corrected chi connectivity index (χ4v) is 2.91. The Morgan fingerprint density at radius 3 is 2.17 bits per heavy atom. The Morgan fingerprint density at radius 1 is 0.833 bits per heavy atom. The van der Waals surface area contributed by atoms with E-state index in [-0.39, 0.29) is 11.8 Å². The normalized spacial score (nSPS) is 11.4. The number of nitrogens with one attached hydrogen (secondary N) is 1. The second-order valence-corrected chi connectivity index (χ2v) is 6.60. The highest BCUT2D eigenvalue weighted by Crippen LogP contribution is 2.18. The van der Waals surface area contributed by atoms with Crippen molar-refractivity contribution in [3.05, 3.63) is 102 Å². The molecule has 0 aliphatic carbocycles. The van der Waals surface area contributed by atoms with Crippen molar-refractivity contribution in [3.8, 4) is 5.75 Å². The van der Waals surface area contributed by atoms with Crippen LogP contribution in [0.4, 0.5) is 4.39 Å². The molecule has 3 aromatic rings. The van der Waals surface area contributed by atoms with Gasteiger partial charge < -0.3 is 14.8 Å². The predicted octanol–water partition coefficient (Wildman–Crippen LogP) is 3.85. The summed E-state index contributed by atoms with van der Waals surface area (Å²) >= 11 is 0. The minimum atomic E-state index is -0.757. The molecule has 0 radical (unpaired) electrons. The van der Waals surface area contributed by atoms with Gasteiger partial charge in [0.15, 0.2) is 24.8 Å². The smallest absolute Gasteiger partial charge is 0.344 e. The van der Waals surface area contributed by atoms with E-state index >= 15 is 0 Å². The summed E-state index contributed by atoms with van der Waals surface area (Å²) < 4.78 is 23.5. The van der Waals surface area contributed by atoms with E-state index < -0.39 is 30.9 Å². The minimum Gasteiger partial charge on any atom is -0.479 e. The van der Waals surface area contributed by atoms with Crippen LogP contribution in [0, 0.1) is 5.82 Å². The van der Waals surface area contributed by atoms with Crippen LogP contribution in [-0.2, 0) is 20.7 Å². The number of esters is 1. The second-order valence-electron chi connectivity index (χ2n) is 6.60. The van der Waals surface area contributed by atoms with Crippen LogP contribution >= 0.6 is 0 Å². The largest absolute Gasteiger partial charge is 0.479 e. The molecule has 1 amide bonds. The molecule has 0 aliphatic rings. The van der Waals surface area contributed by atoms with Crippen molar-refractivity contribution in [3.63, 3.8) is 0 Å². The average Bonchev–Trinajstić information content (AvgIpc) is 2.78. The van der Waals surface area contributed by atoms with E-state index in [9.17, 15) is 14.0 Å². The Hall–Kier alpha value is -3.67. The molecule has 0 heterocycles. The maximum absolute atomic E-state index is 13.5. The Labute approximate surface area is 174 Å². The highest BCUT2D eigenvalue weighted by Gasteiger charge is 2.17. The highest BCUT2D eigenvalue weighted by atomic mass is 19.1. The molecule has 1 N–H and O–H groups in total. The molecular formula is C24H22FNO4. The third-order valence-electron chi connectivity index (χ3n) is 4.37. The molecular weight excluding hydrogens is 385 g/mol. The summed E-state index contributed by atoms with van der Waals surface area (Å²) in [5.41, 5.74) is 2.02. The molecule has 154 valence electrons. The van der Waals surface area contributed by atoms with E-state index in [2.05, 4.69) is 5.32 Å². The molecule has 0 aromatic heterocycles. The third kappa shape index (κ3) is 6.44. The van der Waals surface area contributed by atoms with Crippen LogP contribution in [0.2, 0.25) is 0 Å². The predicted molar refractivity (Wildman–Crippen MR) is 110 cm³/mol. The fourth-order valence-electron chi connectivity index (χ4n) is 2.91. The lowest BCUT2D eigenvalue weighted by Crippen LogP contribution is -2.34. The summed E-state index contributed by atoms with van der Waals surface area (Å²) in [7, 11) is 0. The quantitative estimate of drug-likeness (QED) is 0.548. The van der Waals surface area contributed by atoms with Crippen LogP contribution in [0.3, 0.4) is 0 Å². The number of ether oxygens (including phenoxy) is 2. The van der Waals surface area contributed by atoms with Gasteiger partial charge in [0.05, 0.1) is 6.04 Å². The minimum absolute atomic E-state index is 0.0501. The van der Waals surface area contributed by atoms with Crippen molar-refractivity contribution in [1.29, 1.82) is 0 Å². The van der Waals surface area contributed by atoms with Gasteiger partial charge in [-0.05, 0) is 29.7 Å². The fraction of sp³-hybridized carbons (Fsp3) is 0.167. The van der Waals surface area contributed by atoms with Crippen molar-refractivity contribution in [2.24, 2.45) is 0 Å². The molecule has 0 saturated heterocycles. The first-order valence-corrected chi connectivity index (χ1v) is 9.53. The Morgan fingerprint density at radius 2 is 1.47 bits per heavy atom. The second kappa shape index (κ2) is 10.8. The highest BCUT2D eigenvalue weighted by molar-refractivity contribution is 5.81. The number of hydrogen-bond donors (Lipinski definition) is 1. The summed E-state index contributed by atoms with van der Waals surface area (Å²) in [6, 6.07) is 24.8. The molecule has 1 atom stereocenters. The molecule has 0 bridgehead atoms. The Bertz CT molecular complexity index is 963. The molecule has 30 heavy (non-hydrogen) atoms. The number of halogens is 1. The molecule has 0 fully saturated rings. The number of rotatable bonds is 9. The van der Waals surface area contributed by atoms with Gasteiger partial charge in [-0.15, -0.1) is 0 Å². The van der Waals surface area contributed by atoms with E-state index in [4.69, 9.17) is 9.47 Å². The zero-order valence-corrected chi connectivity index (χ0v) is 16.3. The number of para-hydroxylation sites is 1. The number of amides is 1. The van der Waals surface area contributed by atoms with Crippen LogP contribution in [0.25, 0.3) is 0 Å². The first-order valence-electron chi connectivity index (χ1n) is 9.53. The van der Waals surface area contributed by atoms with E-state index in [0.717, 1.165) is 11.1 Å². The maximum atomic E-state index is 13.5. The summed E-state index contributed by atoms with van der Waals surface area (Å²) in [5, 5.41) is 2.90. The van der Waals surface area contributed by atoms with Gasteiger partial charge in [0.1, 0.15) is 0 Å². The number of carbonyl (C=O) groups is 2. The van der Waals surface area contributed by atoms with Crippen molar-refractivity contribution in [2.75, 3.05) is 13.2 Å². The average molecular weight is 407 g/mol. The van der Waals surface area contributed by atoms with E-state index in [1.54, 1.807) is 6.07 Å². The van der Waals surface area contributed by atoms with Gasteiger partial charge in [-0.3, -0.25) is 4.79 Å². The Balaban J connectivity index is 1.52. The van der Waals surface area contributed by atoms with Crippen LogP contribution in [0.1, 0.15) is 17.2 Å². The summed E-state index contributed by atoms with van der Waals surface area (Å²) in [4.78, 5) is 24.2. The van der Waals surface area contributed by atoms with E-state index in [0.29, 0.717) is 6.42 Å². The van der Waals surface area contributed by atoms with E-state index in [1.807, 2.05) is 60.7 Å². The van der Waals surface area contributed by atoms with Crippen molar-refractivity contribution >= 4 is 11.9 Å². The van der Waals surface area contributed by atoms with Gasteiger partial charge in [-0.25, -0.2) is 9.18 Å². The number of carbonyl (C=O) groups excluding carboxylic acids is 2. The third-order valence-corrected chi connectivity index (χ3v) is 4.37. The van der Waals surface area contributed by atoms with Crippen LogP contribution in [0.15, 0.2) is 84.9 Å². The van der Waals surface area contributed by atoms with Crippen LogP contribution < -0.4 is 10.1 Å². The van der Waals surface area contributed by atoms with Crippen molar-refractivity contribution in [2.45, 2.75) is 12.5 Å². The molecule has 0 aliphatic heterocycles. The molecule has 0 saturated carbocycles. The van der Waals surface area contributed by atoms with Gasteiger partial charge in [-0.2, -0.15) is 0 Å². The van der Waals surface area contributed by atoms with E-state index in [1.165, 1.54) is 18.2 Å². The van der Waals surface area contributed by atoms with Gasteiger partial charge in [0.25, 0.3) is 5.91 Å². The Kier molecular flexibility index (Phi) is 7.55. The van der Waals surface area contributed by atoms with Crippen molar-refractivity contribution < 1.29 is 23.5 Å². The first kappa shape index (κ1) is 21.0. The van der Waals surface area contributed by atoms with Crippen LogP contribution in [0.5, 0.6) is 5.75 Å². The lowest BCUT2D eigenvalue weighted by molar-refractivity contribution is -0.150.